The van der Waals surface area contributed by atoms with Crippen LogP contribution in [0.4, 0.5) is 0 Å². The highest BCUT2D eigenvalue weighted by Crippen LogP contribution is 2.16. The van der Waals surface area contributed by atoms with Gasteiger partial charge in [0.25, 0.3) is 0 Å². The number of hydrogen-bond acceptors (Lipinski definition) is 3. The van der Waals surface area contributed by atoms with Gasteiger partial charge in [0, 0.05) is 0 Å². The molecule has 0 saturated heterocycles. The summed E-state index contributed by atoms with van der Waals surface area (Å²) in [5, 5.41) is 16.7. The topological polar surface area (TPSA) is 68.0 Å². The van der Waals surface area contributed by atoms with Crippen LogP contribution in [0.5, 0.6) is 0 Å². The SMILES string of the molecule is CCc1c(C(=O)O)nnn1Cc1ccc(C(C)C)cc1. The van der Waals surface area contributed by atoms with Crippen LogP contribution in [0, 0.1) is 0 Å². The Labute approximate surface area is 118 Å². The van der Waals surface area contributed by atoms with Gasteiger partial charge in [-0.25, -0.2) is 9.48 Å². The van der Waals surface area contributed by atoms with Crippen LogP contribution in [-0.2, 0) is 13.0 Å². The largest absolute Gasteiger partial charge is 0.476 e. The van der Waals surface area contributed by atoms with E-state index in [1.165, 1.54) is 5.56 Å². The van der Waals surface area contributed by atoms with Gasteiger partial charge < -0.3 is 5.11 Å². The number of carboxylic acid groups (broad SMARTS) is 1. The van der Waals surface area contributed by atoms with E-state index < -0.39 is 5.97 Å². The Balaban J connectivity index is 2.23. The summed E-state index contributed by atoms with van der Waals surface area (Å²) in [6.07, 6.45) is 0.596. The van der Waals surface area contributed by atoms with Crippen LogP contribution in [0.15, 0.2) is 24.3 Å². The molecule has 0 spiro atoms. The van der Waals surface area contributed by atoms with Gasteiger partial charge in [-0.2, -0.15) is 0 Å². The maximum absolute atomic E-state index is 11.1. The second-order valence-electron chi connectivity index (χ2n) is 5.10. The van der Waals surface area contributed by atoms with E-state index in [-0.39, 0.29) is 5.69 Å². The molecule has 0 fully saturated rings. The highest BCUT2D eigenvalue weighted by atomic mass is 16.4. The monoisotopic (exact) mass is 273 g/mol. The van der Waals surface area contributed by atoms with Crippen molar-refractivity contribution in [1.82, 2.24) is 15.0 Å². The summed E-state index contributed by atoms with van der Waals surface area (Å²) in [4.78, 5) is 11.1. The summed E-state index contributed by atoms with van der Waals surface area (Å²) in [5.41, 5.74) is 3.08. The Bertz CT molecular complexity index is 600. The normalized spacial score (nSPS) is 11.0. The van der Waals surface area contributed by atoms with Crippen molar-refractivity contribution in [2.45, 2.75) is 39.7 Å². The van der Waals surface area contributed by atoms with Gasteiger partial charge in [0.2, 0.25) is 0 Å². The number of aromatic carboxylic acids is 1. The van der Waals surface area contributed by atoms with E-state index in [4.69, 9.17) is 5.11 Å². The fourth-order valence-corrected chi connectivity index (χ4v) is 2.16. The molecule has 0 aliphatic rings. The Morgan fingerprint density at radius 2 is 1.95 bits per heavy atom. The predicted molar refractivity (Wildman–Crippen MR) is 76.0 cm³/mol. The molecule has 20 heavy (non-hydrogen) atoms. The third-order valence-corrected chi connectivity index (χ3v) is 3.35. The summed E-state index contributed by atoms with van der Waals surface area (Å²) in [6.45, 7) is 6.76. The van der Waals surface area contributed by atoms with Crippen LogP contribution in [-0.4, -0.2) is 26.1 Å². The summed E-state index contributed by atoms with van der Waals surface area (Å²) in [6, 6.07) is 8.30. The zero-order chi connectivity index (χ0) is 14.7. The Hall–Kier alpha value is -2.17. The summed E-state index contributed by atoms with van der Waals surface area (Å²) < 4.78 is 1.66. The Morgan fingerprint density at radius 1 is 1.30 bits per heavy atom. The molecule has 0 unspecified atom stereocenters. The zero-order valence-corrected chi connectivity index (χ0v) is 12.0. The molecule has 1 aromatic heterocycles. The van der Waals surface area contributed by atoms with Crippen LogP contribution in [0.3, 0.4) is 0 Å². The van der Waals surface area contributed by atoms with Crippen molar-refractivity contribution in [3.05, 3.63) is 46.8 Å². The first-order valence-electron chi connectivity index (χ1n) is 6.77. The van der Waals surface area contributed by atoms with Gasteiger partial charge in [0.15, 0.2) is 5.69 Å². The second-order valence-corrected chi connectivity index (χ2v) is 5.10. The number of carboxylic acids is 1. The number of aromatic nitrogens is 3. The second kappa shape index (κ2) is 5.86. The average Bonchev–Trinajstić information content (AvgIpc) is 2.82. The van der Waals surface area contributed by atoms with Crippen molar-refractivity contribution in [1.29, 1.82) is 0 Å². The van der Waals surface area contributed by atoms with E-state index in [2.05, 4.69) is 48.4 Å². The first-order valence-corrected chi connectivity index (χ1v) is 6.77. The highest BCUT2D eigenvalue weighted by molar-refractivity contribution is 5.86. The molecule has 0 radical (unpaired) electrons. The minimum absolute atomic E-state index is 0.0475. The van der Waals surface area contributed by atoms with Gasteiger partial charge in [-0.05, 0) is 23.5 Å². The van der Waals surface area contributed by atoms with Crippen LogP contribution in [0.1, 0.15) is 54.0 Å². The molecule has 1 aromatic carbocycles. The number of hydrogen-bond donors (Lipinski definition) is 1. The lowest BCUT2D eigenvalue weighted by Gasteiger charge is -2.08. The predicted octanol–water partition coefficient (Wildman–Crippen LogP) is 2.71. The van der Waals surface area contributed by atoms with E-state index in [0.717, 1.165) is 5.56 Å². The molecule has 106 valence electrons. The maximum atomic E-state index is 11.1. The van der Waals surface area contributed by atoms with Crippen LogP contribution >= 0.6 is 0 Å². The molecule has 0 amide bonds. The van der Waals surface area contributed by atoms with Gasteiger partial charge in [0.1, 0.15) is 0 Å². The van der Waals surface area contributed by atoms with Crippen LogP contribution < -0.4 is 0 Å². The molecular weight excluding hydrogens is 254 g/mol. The molecule has 1 N–H and O–H groups in total. The zero-order valence-electron chi connectivity index (χ0n) is 12.0. The van der Waals surface area contributed by atoms with E-state index >= 15 is 0 Å². The van der Waals surface area contributed by atoms with E-state index in [1.54, 1.807) is 4.68 Å². The molecule has 2 aromatic rings. The van der Waals surface area contributed by atoms with Crippen molar-refractivity contribution in [2.24, 2.45) is 0 Å². The molecular formula is C15H19N3O2. The molecule has 0 atom stereocenters. The Kier molecular flexibility index (Phi) is 4.17. The maximum Gasteiger partial charge on any atom is 0.358 e. The van der Waals surface area contributed by atoms with Crippen molar-refractivity contribution in [3.63, 3.8) is 0 Å². The fraction of sp³-hybridized carbons (Fsp3) is 0.400. The fourth-order valence-electron chi connectivity index (χ4n) is 2.16. The lowest BCUT2D eigenvalue weighted by atomic mass is 10.0. The molecule has 5 nitrogen and oxygen atoms in total. The smallest absolute Gasteiger partial charge is 0.358 e. The van der Waals surface area contributed by atoms with Crippen molar-refractivity contribution < 1.29 is 9.90 Å². The summed E-state index contributed by atoms with van der Waals surface area (Å²) >= 11 is 0. The number of rotatable bonds is 5. The molecule has 0 saturated carbocycles. The quantitative estimate of drug-likeness (QED) is 0.909. The molecule has 5 heteroatoms. The molecule has 0 aliphatic carbocycles. The van der Waals surface area contributed by atoms with Crippen molar-refractivity contribution in [3.8, 4) is 0 Å². The Morgan fingerprint density at radius 3 is 2.45 bits per heavy atom. The lowest BCUT2D eigenvalue weighted by Crippen LogP contribution is -2.08. The van der Waals surface area contributed by atoms with Crippen LogP contribution in [0.2, 0.25) is 0 Å². The molecule has 2 rings (SSSR count). The van der Waals surface area contributed by atoms with Gasteiger partial charge in [-0.1, -0.05) is 50.3 Å². The lowest BCUT2D eigenvalue weighted by molar-refractivity contribution is 0.0689. The van der Waals surface area contributed by atoms with Gasteiger partial charge in [-0.3, -0.25) is 0 Å². The van der Waals surface area contributed by atoms with E-state index in [9.17, 15) is 4.79 Å². The van der Waals surface area contributed by atoms with Crippen molar-refractivity contribution >= 4 is 5.97 Å². The first kappa shape index (κ1) is 14.2. The molecule has 0 aliphatic heterocycles. The van der Waals surface area contributed by atoms with Gasteiger partial charge in [-0.15, -0.1) is 5.10 Å². The first-order chi connectivity index (χ1) is 9.52. The third-order valence-electron chi connectivity index (χ3n) is 3.35. The van der Waals surface area contributed by atoms with Gasteiger partial charge >= 0.3 is 5.97 Å². The van der Waals surface area contributed by atoms with Gasteiger partial charge in [0.05, 0.1) is 12.2 Å². The minimum Gasteiger partial charge on any atom is -0.476 e. The molecule has 0 bridgehead atoms. The van der Waals surface area contributed by atoms with E-state index in [0.29, 0.717) is 24.6 Å². The van der Waals surface area contributed by atoms with Crippen molar-refractivity contribution in [2.75, 3.05) is 0 Å². The minimum atomic E-state index is -1.02. The third kappa shape index (κ3) is 2.87. The number of nitrogens with zero attached hydrogens (tertiary/aromatic N) is 3. The number of carbonyl (C=O) groups is 1. The summed E-state index contributed by atoms with van der Waals surface area (Å²) in [5.74, 6) is -0.525. The average molecular weight is 273 g/mol. The molecule has 1 heterocycles. The van der Waals surface area contributed by atoms with E-state index in [1.807, 2.05) is 6.92 Å². The van der Waals surface area contributed by atoms with Crippen LogP contribution in [0.25, 0.3) is 0 Å². The summed E-state index contributed by atoms with van der Waals surface area (Å²) in [7, 11) is 0. The standard InChI is InChI=1S/C15H19N3O2/c1-4-13-14(15(19)20)16-17-18(13)9-11-5-7-12(8-6-11)10(2)3/h5-8,10H,4,9H2,1-3H3,(H,19,20). The number of benzene rings is 1. The highest BCUT2D eigenvalue weighted by Gasteiger charge is 2.17.